The van der Waals surface area contributed by atoms with Crippen molar-refractivity contribution in [1.82, 2.24) is 0 Å². The minimum absolute atomic E-state index is 0.219. The van der Waals surface area contributed by atoms with E-state index in [1.807, 2.05) is 0 Å². The highest BCUT2D eigenvalue weighted by atomic mass is 16.7. The number of nitrogens with two attached hydrogens (primary N) is 1. The molecule has 5 heteroatoms. The Morgan fingerprint density at radius 1 is 1.38 bits per heavy atom. The average Bonchev–Trinajstić information content (AvgIpc) is 2.20. The second kappa shape index (κ2) is 4.22. The summed E-state index contributed by atoms with van der Waals surface area (Å²) in [5.74, 6) is 3.76. The third-order valence-corrected chi connectivity index (χ3v) is 1.45. The summed E-state index contributed by atoms with van der Waals surface area (Å²) in [6.45, 7) is 0. The molecule has 1 aromatic rings. The highest BCUT2D eigenvalue weighted by Gasteiger charge is 2.14. The minimum Gasteiger partial charge on any atom is -0.410 e. The second-order valence-corrected chi connectivity index (χ2v) is 2.22. The minimum atomic E-state index is -0.881. The molecular formula is C8H8N2O3. The van der Waals surface area contributed by atoms with Crippen molar-refractivity contribution in [2.24, 2.45) is 11.1 Å². The lowest BCUT2D eigenvalue weighted by Crippen LogP contribution is -2.21. The van der Waals surface area contributed by atoms with Gasteiger partial charge in [-0.25, -0.2) is 4.79 Å². The Morgan fingerprint density at radius 2 is 2.00 bits per heavy atom. The fourth-order valence-corrected chi connectivity index (χ4v) is 0.868. The average molecular weight is 180 g/mol. The number of hydrogen-bond donors (Lipinski definition) is 2. The van der Waals surface area contributed by atoms with Gasteiger partial charge in [0.05, 0.1) is 0 Å². The third kappa shape index (κ3) is 2.03. The third-order valence-electron chi connectivity index (χ3n) is 1.45. The number of nitrogens with zero attached hydrogens (tertiary/aromatic N) is 1. The summed E-state index contributed by atoms with van der Waals surface area (Å²) in [6.07, 6.45) is 0. The Hall–Kier alpha value is -1.88. The van der Waals surface area contributed by atoms with Gasteiger partial charge in [-0.3, -0.25) is 0 Å². The van der Waals surface area contributed by atoms with Crippen molar-refractivity contribution in [3.63, 3.8) is 0 Å². The molecule has 0 heterocycles. The van der Waals surface area contributed by atoms with Crippen LogP contribution in [0.5, 0.6) is 0 Å². The maximum atomic E-state index is 10.9. The molecule has 68 valence electrons. The Balaban J connectivity index is 3.00. The number of rotatable bonds is 2. The van der Waals surface area contributed by atoms with E-state index in [9.17, 15) is 4.79 Å². The van der Waals surface area contributed by atoms with Gasteiger partial charge in [-0.1, -0.05) is 35.5 Å². The highest BCUT2D eigenvalue weighted by molar-refractivity contribution is 6.43. The van der Waals surface area contributed by atoms with Gasteiger partial charge in [0, 0.05) is 5.56 Å². The lowest BCUT2D eigenvalue weighted by Gasteiger charge is -1.99. The van der Waals surface area contributed by atoms with E-state index < -0.39 is 5.97 Å². The van der Waals surface area contributed by atoms with E-state index in [0.717, 1.165) is 0 Å². The first kappa shape index (κ1) is 9.21. The maximum absolute atomic E-state index is 10.9. The molecule has 1 rings (SSSR count). The smallest absolute Gasteiger partial charge is 0.379 e. The van der Waals surface area contributed by atoms with Crippen LogP contribution in [-0.2, 0) is 9.63 Å². The van der Waals surface area contributed by atoms with Crippen LogP contribution in [0.4, 0.5) is 0 Å². The van der Waals surface area contributed by atoms with E-state index in [1.165, 1.54) is 0 Å². The second-order valence-electron chi connectivity index (χ2n) is 2.22. The van der Waals surface area contributed by atoms with Gasteiger partial charge in [0.15, 0.2) is 5.71 Å². The maximum Gasteiger partial charge on any atom is 0.379 e. The Kier molecular flexibility index (Phi) is 2.99. The molecule has 13 heavy (non-hydrogen) atoms. The van der Waals surface area contributed by atoms with Gasteiger partial charge >= 0.3 is 5.97 Å². The summed E-state index contributed by atoms with van der Waals surface area (Å²) in [6, 6.07) is 8.37. The highest BCUT2D eigenvalue weighted by Crippen LogP contribution is 2.01. The molecule has 3 N–H and O–H groups in total. The molecule has 0 aliphatic heterocycles. The SMILES string of the molecule is NOC(=O)C(=NO)c1ccccc1. The van der Waals surface area contributed by atoms with Gasteiger partial charge in [-0.05, 0) is 0 Å². The van der Waals surface area contributed by atoms with Crippen molar-refractivity contribution in [2.45, 2.75) is 0 Å². The van der Waals surface area contributed by atoms with Crippen LogP contribution in [0.25, 0.3) is 0 Å². The van der Waals surface area contributed by atoms with E-state index in [4.69, 9.17) is 5.21 Å². The Morgan fingerprint density at radius 3 is 2.46 bits per heavy atom. The number of hydrogen-bond acceptors (Lipinski definition) is 5. The van der Waals surface area contributed by atoms with Gasteiger partial charge < -0.3 is 10.0 Å². The van der Waals surface area contributed by atoms with Crippen LogP contribution in [0.3, 0.4) is 0 Å². The molecule has 0 saturated heterocycles. The molecule has 0 spiro atoms. The van der Waals surface area contributed by atoms with E-state index >= 15 is 0 Å². The quantitative estimate of drug-likeness (QED) is 0.389. The molecule has 0 aliphatic rings. The summed E-state index contributed by atoms with van der Waals surface area (Å²) in [5, 5.41) is 11.3. The monoisotopic (exact) mass is 180 g/mol. The molecular weight excluding hydrogens is 172 g/mol. The molecule has 0 unspecified atom stereocenters. The molecule has 0 bridgehead atoms. The lowest BCUT2D eigenvalue weighted by atomic mass is 10.1. The number of carbonyl (C=O) groups excluding carboxylic acids is 1. The van der Waals surface area contributed by atoms with Crippen LogP contribution in [0, 0.1) is 0 Å². The van der Waals surface area contributed by atoms with Crippen LogP contribution >= 0.6 is 0 Å². The molecule has 0 aliphatic carbocycles. The van der Waals surface area contributed by atoms with Crippen molar-refractivity contribution in [3.05, 3.63) is 35.9 Å². The van der Waals surface area contributed by atoms with Crippen LogP contribution in [0.1, 0.15) is 5.56 Å². The zero-order valence-corrected chi connectivity index (χ0v) is 6.68. The number of oxime groups is 1. The van der Waals surface area contributed by atoms with Crippen molar-refractivity contribution in [2.75, 3.05) is 0 Å². The van der Waals surface area contributed by atoms with Crippen LogP contribution in [-0.4, -0.2) is 16.9 Å². The van der Waals surface area contributed by atoms with Crippen LogP contribution in [0.15, 0.2) is 35.5 Å². The first-order valence-electron chi connectivity index (χ1n) is 3.48. The van der Waals surface area contributed by atoms with Gasteiger partial charge in [-0.2, -0.15) is 5.90 Å². The lowest BCUT2D eigenvalue weighted by molar-refractivity contribution is -0.136. The van der Waals surface area contributed by atoms with Crippen LogP contribution in [0.2, 0.25) is 0 Å². The summed E-state index contributed by atoms with van der Waals surface area (Å²) in [4.78, 5) is 14.8. The first-order valence-corrected chi connectivity index (χ1v) is 3.48. The van der Waals surface area contributed by atoms with Crippen molar-refractivity contribution >= 4 is 11.7 Å². The van der Waals surface area contributed by atoms with E-state index in [2.05, 4.69) is 15.9 Å². The normalized spacial score (nSPS) is 11.0. The predicted octanol–water partition coefficient (Wildman–Crippen LogP) is 0.282. The molecule has 0 atom stereocenters. The standard InChI is InChI=1S/C8H8N2O3/c9-13-8(11)7(10-12)6-4-2-1-3-5-6/h1-5,12H,9H2. The van der Waals surface area contributed by atoms with Crippen molar-refractivity contribution in [1.29, 1.82) is 0 Å². The molecule has 5 nitrogen and oxygen atoms in total. The fraction of sp³-hybridized carbons (Fsp3) is 0. The van der Waals surface area contributed by atoms with E-state index in [0.29, 0.717) is 5.56 Å². The molecule has 0 fully saturated rings. The molecule has 1 aromatic carbocycles. The van der Waals surface area contributed by atoms with E-state index in [-0.39, 0.29) is 5.71 Å². The Labute approximate surface area is 74.4 Å². The molecule has 0 aromatic heterocycles. The summed E-state index contributed by atoms with van der Waals surface area (Å²) < 4.78 is 0. The molecule has 0 radical (unpaired) electrons. The summed E-state index contributed by atoms with van der Waals surface area (Å²) in [5.41, 5.74) is 0.226. The Bertz CT molecular complexity index is 321. The fourth-order valence-electron chi connectivity index (χ4n) is 0.868. The predicted molar refractivity (Wildman–Crippen MR) is 45.0 cm³/mol. The molecule has 0 saturated carbocycles. The van der Waals surface area contributed by atoms with Crippen molar-refractivity contribution < 1.29 is 14.8 Å². The summed E-state index contributed by atoms with van der Waals surface area (Å²) in [7, 11) is 0. The van der Waals surface area contributed by atoms with Gasteiger partial charge in [-0.15, -0.1) is 0 Å². The van der Waals surface area contributed by atoms with Gasteiger partial charge in [0.1, 0.15) is 0 Å². The van der Waals surface area contributed by atoms with Crippen molar-refractivity contribution in [3.8, 4) is 0 Å². The topological polar surface area (TPSA) is 84.9 Å². The largest absolute Gasteiger partial charge is 0.410 e. The zero-order chi connectivity index (χ0) is 9.68. The van der Waals surface area contributed by atoms with Gasteiger partial charge in [0.25, 0.3) is 0 Å². The molecule has 0 amide bonds. The van der Waals surface area contributed by atoms with Gasteiger partial charge in [0.2, 0.25) is 0 Å². The number of carbonyl (C=O) groups is 1. The number of benzene rings is 1. The summed E-state index contributed by atoms with van der Waals surface area (Å²) >= 11 is 0. The zero-order valence-electron chi connectivity index (χ0n) is 6.68. The first-order chi connectivity index (χ1) is 6.29. The van der Waals surface area contributed by atoms with E-state index in [1.54, 1.807) is 30.3 Å². The van der Waals surface area contributed by atoms with Crippen LogP contribution < -0.4 is 5.90 Å².